The van der Waals surface area contributed by atoms with Gasteiger partial charge >= 0.3 is 12.1 Å². The second kappa shape index (κ2) is 11.5. The maximum atomic E-state index is 13.4. The number of halogens is 3. The monoisotopic (exact) mass is 570 g/mol. The quantitative estimate of drug-likeness (QED) is 0.154. The molecule has 0 spiro atoms. The maximum Gasteiger partial charge on any atom is 0.435 e. The van der Waals surface area contributed by atoms with Gasteiger partial charge in [0.15, 0.2) is 12.4 Å². The van der Waals surface area contributed by atoms with E-state index in [1.165, 1.54) is 12.1 Å². The summed E-state index contributed by atoms with van der Waals surface area (Å²) in [5.41, 5.74) is 0.389. The highest BCUT2D eigenvalue weighted by Crippen LogP contribution is 2.33. The standard InChI is InChI=1S/C23H21F3N4O8S/c1-15-3-5-17(6-4-15)20-13-21(23(24,25)26)27-29(20)18-7-9-19(10-8-18)39(35,36)28(16(2)31)14-37-22(32)11-12-38-30(33)34/h3-10,13H,11-12,14H2,1-2H3. The fourth-order valence-corrected chi connectivity index (χ4v) is 4.53. The molecule has 39 heavy (non-hydrogen) atoms. The minimum atomic E-state index is -4.73. The predicted molar refractivity (Wildman–Crippen MR) is 127 cm³/mol. The number of aryl methyl sites for hydroxylation is 1. The van der Waals surface area contributed by atoms with Gasteiger partial charge in [0.05, 0.1) is 22.7 Å². The van der Waals surface area contributed by atoms with Gasteiger partial charge in [-0.15, -0.1) is 10.1 Å². The second-order valence-electron chi connectivity index (χ2n) is 8.01. The van der Waals surface area contributed by atoms with Crippen LogP contribution in [-0.4, -0.2) is 52.8 Å². The van der Waals surface area contributed by atoms with Crippen LogP contribution >= 0.6 is 0 Å². The van der Waals surface area contributed by atoms with Crippen LogP contribution in [0.15, 0.2) is 59.5 Å². The van der Waals surface area contributed by atoms with Crippen LogP contribution in [0.4, 0.5) is 13.2 Å². The molecule has 16 heteroatoms. The minimum Gasteiger partial charge on any atom is -0.443 e. The average Bonchev–Trinajstić information content (AvgIpc) is 3.30. The van der Waals surface area contributed by atoms with Gasteiger partial charge in [0.25, 0.3) is 15.1 Å². The van der Waals surface area contributed by atoms with Gasteiger partial charge in [-0.1, -0.05) is 29.8 Å². The third kappa shape index (κ3) is 7.10. The van der Waals surface area contributed by atoms with Crippen molar-refractivity contribution in [3.05, 3.63) is 76.0 Å². The normalized spacial score (nSPS) is 11.6. The molecule has 0 saturated carbocycles. The largest absolute Gasteiger partial charge is 0.443 e. The van der Waals surface area contributed by atoms with Crippen molar-refractivity contribution in [2.75, 3.05) is 13.3 Å². The summed E-state index contributed by atoms with van der Waals surface area (Å²) in [7, 11) is -4.56. The summed E-state index contributed by atoms with van der Waals surface area (Å²) in [6.07, 6.45) is -5.31. The first-order valence-corrected chi connectivity index (χ1v) is 12.4. The number of amides is 1. The summed E-state index contributed by atoms with van der Waals surface area (Å²) >= 11 is 0. The number of esters is 1. The molecule has 12 nitrogen and oxygen atoms in total. The summed E-state index contributed by atoms with van der Waals surface area (Å²) in [5, 5.41) is 12.7. The van der Waals surface area contributed by atoms with Crippen LogP contribution in [0, 0.1) is 17.0 Å². The molecule has 0 fully saturated rings. The maximum absolute atomic E-state index is 13.4. The highest BCUT2D eigenvalue weighted by Gasteiger charge is 2.35. The molecular formula is C23H21F3N4O8S. The van der Waals surface area contributed by atoms with Gasteiger partial charge in [0.1, 0.15) is 6.61 Å². The van der Waals surface area contributed by atoms with E-state index in [4.69, 9.17) is 4.74 Å². The Morgan fingerprint density at radius 1 is 1.10 bits per heavy atom. The number of carbonyl (C=O) groups is 2. The molecule has 1 aromatic heterocycles. The van der Waals surface area contributed by atoms with Crippen molar-refractivity contribution in [1.29, 1.82) is 0 Å². The summed E-state index contributed by atoms with van der Waals surface area (Å²) in [4.78, 5) is 37.4. The van der Waals surface area contributed by atoms with E-state index < -0.39 is 63.5 Å². The molecule has 0 aliphatic heterocycles. The van der Waals surface area contributed by atoms with E-state index in [-0.39, 0.29) is 15.7 Å². The van der Waals surface area contributed by atoms with Crippen LogP contribution < -0.4 is 0 Å². The van der Waals surface area contributed by atoms with E-state index >= 15 is 0 Å². The lowest BCUT2D eigenvalue weighted by molar-refractivity contribution is -0.757. The number of sulfonamides is 1. The fraction of sp³-hybridized carbons (Fsp3) is 0.261. The van der Waals surface area contributed by atoms with E-state index in [2.05, 4.69) is 9.94 Å². The predicted octanol–water partition coefficient (Wildman–Crippen LogP) is 3.50. The molecule has 3 rings (SSSR count). The fourth-order valence-electron chi connectivity index (χ4n) is 3.27. The zero-order chi connectivity index (χ0) is 29.0. The Labute approximate surface area is 219 Å². The van der Waals surface area contributed by atoms with Gasteiger partial charge in [-0.25, -0.2) is 13.1 Å². The molecule has 0 aliphatic carbocycles. The zero-order valence-corrected chi connectivity index (χ0v) is 21.2. The Morgan fingerprint density at radius 3 is 2.26 bits per heavy atom. The Hall–Kier alpha value is -4.47. The van der Waals surface area contributed by atoms with Crippen LogP contribution in [0.5, 0.6) is 0 Å². The first-order valence-electron chi connectivity index (χ1n) is 11.0. The van der Waals surface area contributed by atoms with E-state index in [0.717, 1.165) is 35.4 Å². The number of aromatic nitrogens is 2. The van der Waals surface area contributed by atoms with Crippen molar-refractivity contribution in [2.24, 2.45) is 0 Å². The van der Waals surface area contributed by atoms with E-state index in [1.807, 2.05) is 6.92 Å². The highest BCUT2D eigenvalue weighted by molar-refractivity contribution is 7.89. The van der Waals surface area contributed by atoms with Gasteiger partial charge in [-0.05, 0) is 37.3 Å². The van der Waals surface area contributed by atoms with E-state index in [1.54, 1.807) is 24.3 Å². The molecular weight excluding hydrogens is 549 g/mol. The number of hydrogen-bond acceptors (Lipinski definition) is 9. The Balaban J connectivity index is 1.88. The number of ether oxygens (including phenoxy) is 1. The van der Waals surface area contributed by atoms with Crippen molar-refractivity contribution >= 4 is 21.9 Å². The first kappa shape index (κ1) is 29.1. The van der Waals surface area contributed by atoms with Gasteiger partial charge in [0, 0.05) is 12.5 Å². The molecule has 1 heterocycles. The minimum absolute atomic E-state index is 0.103. The average molecular weight is 571 g/mol. The van der Waals surface area contributed by atoms with E-state index in [0.29, 0.717) is 5.56 Å². The molecule has 3 aromatic rings. The molecule has 0 aliphatic rings. The molecule has 0 radical (unpaired) electrons. The summed E-state index contributed by atoms with van der Waals surface area (Å²) < 4.78 is 72.3. The number of alkyl halides is 3. The van der Waals surface area contributed by atoms with Gasteiger partial charge in [-0.2, -0.15) is 22.6 Å². The topological polar surface area (TPSA) is 151 Å². The number of benzene rings is 2. The van der Waals surface area contributed by atoms with Crippen molar-refractivity contribution < 1.29 is 45.8 Å². The molecule has 0 bridgehead atoms. The Bertz CT molecular complexity index is 1470. The first-order chi connectivity index (χ1) is 18.2. The SMILES string of the molecule is CC(=O)N(COC(=O)CCO[N+](=O)[O-])S(=O)(=O)c1ccc(-n2nc(C(F)(F)F)cc2-c2ccc(C)cc2)cc1. The van der Waals surface area contributed by atoms with E-state index in [9.17, 15) is 41.3 Å². The summed E-state index contributed by atoms with van der Waals surface area (Å²) in [6.45, 7) is 1.08. The Kier molecular flexibility index (Phi) is 8.58. The molecule has 0 N–H and O–H groups in total. The number of carbonyl (C=O) groups excluding carboxylic acids is 2. The van der Waals surface area contributed by atoms with Crippen LogP contribution in [0.3, 0.4) is 0 Å². The number of nitrogens with zero attached hydrogens (tertiary/aromatic N) is 4. The number of rotatable bonds is 10. The molecule has 208 valence electrons. The van der Waals surface area contributed by atoms with Crippen LogP contribution in [0.1, 0.15) is 24.6 Å². The van der Waals surface area contributed by atoms with Crippen LogP contribution in [0.2, 0.25) is 0 Å². The van der Waals surface area contributed by atoms with Crippen molar-refractivity contribution in [1.82, 2.24) is 14.1 Å². The molecule has 2 aromatic carbocycles. The van der Waals surface area contributed by atoms with Crippen LogP contribution in [-0.2, 0) is 35.4 Å². The molecule has 0 unspecified atom stereocenters. The highest BCUT2D eigenvalue weighted by atomic mass is 32.2. The van der Waals surface area contributed by atoms with Crippen molar-refractivity contribution in [2.45, 2.75) is 31.3 Å². The Morgan fingerprint density at radius 2 is 1.72 bits per heavy atom. The molecule has 0 atom stereocenters. The van der Waals surface area contributed by atoms with Crippen molar-refractivity contribution in [3.8, 4) is 16.9 Å². The smallest absolute Gasteiger partial charge is 0.435 e. The second-order valence-corrected chi connectivity index (χ2v) is 9.87. The van der Waals surface area contributed by atoms with Gasteiger partial charge in [-0.3, -0.25) is 9.59 Å². The molecule has 0 saturated heterocycles. The zero-order valence-electron chi connectivity index (χ0n) is 20.4. The van der Waals surface area contributed by atoms with Crippen molar-refractivity contribution in [3.63, 3.8) is 0 Å². The van der Waals surface area contributed by atoms with Gasteiger partial charge < -0.3 is 9.57 Å². The summed E-state index contributed by atoms with van der Waals surface area (Å²) in [5.74, 6) is -2.06. The lowest BCUT2D eigenvalue weighted by atomic mass is 10.1. The van der Waals surface area contributed by atoms with Crippen LogP contribution in [0.25, 0.3) is 16.9 Å². The van der Waals surface area contributed by atoms with Gasteiger partial charge in [0.2, 0.25) is 5.91 Å². The third-order valence-corrected chi connectivity index (χ3v) is 7.02. The summed E-state index contributed by atoms with van der Waals surface area (Å²) in [6, 6.07) is 12.1. The lowest BCUT2D eigenvalue weighted by Crippen LogP contribution is -2.38. The molecule has 1 amide bonds. The lowest BCUT2D eigenvalue weighted by Gasteiger charge is -2.20. The third-order valence-electron chi connectivity index (χ3n) is 5.21. The number of hydrogen-bond donors (Lipinski definition) is 0.